The van der Waals surface area contributed by atoms with Gasteiger partial charge in [-0.15, -0.1) is 0 Å². The van der Waals surface area contributed by atoms with Gasteiger partial charge in [-0.1, -0.05) is 17.7 Å². The van der Waals surface area contributed by atoms with Crippen LogP contribution in [0.5, 0.6) is 0 Å². The molecule has 6 heteroatoms. The van der Waals surface area contributed by atoms with Crippen LogP contribution in [0, 0.1) is 5.82 Å². The molecule has 23 heavy (non-hydrogen) atoms. The van der Waals surface area contributed by atoms with Crippen molar-refractivity contribution in [2.45, 2.75) is 25.7 Å². The lowest BCUT2D eigenvalue weighted by Crippen LogP contribution is -2.40. The van der Waals surface area contributed by atoms with Crippen LogP contribution < -0.4 is 5.32 Å². The van der Waals surface area contributed by atoms with E-state index < -0.39 is 17.6 Å². The zero-order valence-electron chi connectivity index (χ0n) is 12.5. The van der Waals surface area contributed by atoms with Crippen LogP contribution in [-0.4, -0.2) is 12.5 Å². The fourth-order valence-corrected chi connectivity index (χ4v) is 3.44. The van der Waals surface area contributed by atoms with Crippen LogP contribution in [-0.2, 0) is 15.1 Å². The minimum Gasteiger partial charge on any atom is -0.353 e. The first-order chi connectivity index (χ1) is 10.8. The van der Waals surface area contributed by atoms with Crippen LogP contribution in [0.25, 0.3) is 11.1 Å². The van der Waals surface area contributed by atoms with Crippen LogP contribution in [0.4, 0.5) is 10.1 Å². The molecule has 0 bridgehead atoms. The highest BCUT2D eigenvalue weighted by atomic mass is 79.9. The summed E-state index contributed by atoms with van der Waals surface area (Å²) in [4.78, 5) is 11.1. The summed E-state index contributed by atoms with van der Waals surface area (Å²) in [5, 5.41) is 3.12. The zero-order chi connectivity index (χ0) is 16.8. The van der Waals surface area contributed by atoms with Crippen LogP contribution in [0.2, 0.25) is 5.02 Å². The second-order valence-electron chi connectivity index (χ2n) is 5.84. The molecule has 0 radical (unpaired) electrons. The number of ether oxygens (including phenoxy) is 1. The molecule has 3 nitrogen and oxygen atoms in total. The summed E-state index contributed by atoms with van der Waals surface area (Å²) in [6.45, 7) is 3.80. The maximum Gasteiger partial charge on any atom is 0.185 e. The van der Waals surface area contributed by atoms with E-state index in [1.54, 1.807) is 12.1 Å². The third kappa shape index (κ3) is 3.01. The lowest BCUT2D eigenvalue weighted by atomic mass is 9.91. The highest BCUT2D eigenvalue weighted by Crippen LogP contribution is 2.43. The highest BCUT2D eigenvalue weighted by molar-refractivity contribution is 9.10. The van der Waals surface area contributed by atoms with Crippen LogP contribution in [0.3, 0.4) is 0 Å². The van der Waals surface area contributed by atoms with E-state index in [1.165, 1.54) is 6.07 Å². The number of halogens is 3. The maximum atomic E-state index is 13.4. The monoisotopic (exact) mass is 397 g/mol. The maximum absolute atomic E-state index is 13.4. The van der Waals surface area contributed by atoms with Gasteiger partial charge in [-0.05, 0) is 65.2 Å². The molecule has 1 unspecified atom stereocenters. The summed E-state index contributed by atoms with van der Waals surface area (Å²) >= 11 is 9.41. The van der Waals surface area contributed by atoms with Crippen LogP contribution in [0.15, 0.2) is 34.8 Å². The Morgan fingerprint density at radius 3 is 2.70 bits per heavy atom. The molecule has 1 aliphatic heterocycles. The first-order valence-electron chi connectivity index (χ1n) is 7.01. The molecular weight excluding hydrogens is 385 g/mol. The topological polar surface area (TPSA) is 38.3 Å². The van der Waals surface area contributed by atoms with Crippen LogP contribution in [0.1, 0.15) is 19.4 Å². The third-order valence-electron chi connectivity index (χ3n) is 3.82. The molecule has 1 heterocycles. The lowest BCUT2D eigenvalue weighted by molar-refractivity contribution is -0.128. The number of anilines is 1. The second-order valence-corrected chi connectivity index (χ2v) is 7.10. The first-order valence-corrected chi connectivity index (χ1v) is 8.18. The lowest BCUT2D eigenvalue weighted by Gasteiger charge is -2.37. The summed E-state index contributed by atoms with van der Waals surface area (Å²) in [6, 6.07) is 8.46. The molecule has 0 aromatic heterocycles. The fourth-order valence-electron chi connectivity index (χ4n) is 2.68. The van der Waals surface area contributed by atoms with Crippen molar-refractivity contribution in [2.24, 2.45) is 0 Å². The predicted molar refractivity (Wildman–Crippen MR) is 92.1 cm³/mol. The van der Waals surface area contributed by atoms with E-state index in [-0.39, 0.29) is 5.02 Å². The van der Waals surface area contributed by atoms with Crippen molar-refractivity contribution >= 4 is 39.5 Å². The van der Waals surface area contributed by atoms with Crippen molar-refractivity contribution in [3.8, 4) is 11.1 Å². The zero-order valence-corrected chi connectivity index (χ0v) is 14.8. The van der Waals surface area contributed by atoms with E-state index in [0.29, 0.717) is 0 Å². The molecule has 120 valence electrons. The Morgan fingerprint density at radius 2 is 2.04 bits per heavy atom. The number of aldehydes is 1. The highest BCUT2D eigenvalue weighted by Gasteiger charge is 2.35. The van der Waals surface area contributed by atoms with Crippen LogP contribution >= 0.6 is 27.5 Å². The van der Waals surface area contributed by atoms with E-state index >= 15 is 0 Å². The average molecular weight is 399 g/mol. The van der Waals surface area contributed by atoms with Crippen molar-refractivity contribution in [3.63, 3.8) is 0 Å². The van der Waals surface area contributed by atoms with Gasteiger partial charge in [-0.3, -0.25) is 4.79 Å². The van der Waals surface area contributed by atoms with Crippen molar-refractivity contribution in [1.29, 1.82) is 0 Å². The molecule has 0 amide bonds. The van der Waals surface area contributed by atoms with E-state index in [4.69, 9.17) is 16.3 Å². The van der Waals surface area contributed by atoms with Gasteiger partial charge < -0.3 is 10.1 Å². The molecule has 0 saturated heterocycles. The number of carbonyl (C=O) groups excluding carboxylic acids is 1. The summed E-state index contributed by atoms with van der Waals surface area (Å²) in [7, 11) is 0. The number of fused-ring (bicyclic) bond motifs is 1. The van der Waals surface area contributed by atoms with Crippen molar-refractivity contribution in [3.05, 3.63) is 51.2 Å². The molecule has 1 N–H and O–H groups in total. The van der Waals surface area contributed by atoms with Gasteiger partial charge in [0, 0.05) is 10.0 Å². The second kappa shape index (κ2) is 5.89. The third-order valence-corrected chi connectivity index (χ3v) is 4.74. The van der Waals surface area contributed by atoms with Gasteiger partial charge in [-0.2, -0.15) is 0 Å². The number of nitrogens with one attached hydrogen (secondary N) is 1. The van der Waals surface area contributed by atoms with E-state index in [2.05, 4.69) is 21.2 Å². The van der Waals surface area contributed by atoms with Gasteiger partial charge in [0.1, 0.15) is 5.82 Å². The normalized spacial score (nSPS) is 18.9. The quantitative estimate of drug-likeness (QED) is 0.714. The summed E-state index contributed by atoms with van der Waals surface area (Å²) in [5.74, 6) is -0.452. The summed E-state index contributed by atoms with van der Waals surface area (Å²) in [6.07, 6.45) is 0.0324. The Bertz CT molecular complexity index is 794. The van der Waals surface area contributed by atoms with Gasteiger partial charge in [0.25, 0.3) is 0 Å². The number of benzene rings is 2. The molecule has 0 aliphatic carbocycles. The molecular formula is C17H14BrClFNO2. The van der Waals surface area contributed by atoms with Gasteiger partial charge in [0.05, 0.1) is 16.3 Å². The first kappa shape index (κ1) is 16.4. The van der Waals surface area contributed by atoms with Gasteiger partial charge >= 0.3 is 0 Å². The predicted octanol–water partition coefficient (Wildman–Crippen LogP) is 5.11. The Morgan fingerprint density at radius 1 is 1.30 bits per heavy atom. The molecule has 2 aromatic carbocycles. The fraction of sp³-hybridized carbons (Fsp3) is 0.235. The van der Waals surface area contributed by atoms with E-state index in [9.17, 15) is 9.18 Å². The molecule has 0 fully saturated rings. The minimum absolute atomic E-state index is 0.0750. The number of hydrogen-bond acceptors (Lipinski definition) is 3. The number of rotatable bonds is 2. The molecule has 1 atom stereocenters. The van der Waals surface area contributed by atoms with Gasteiger partial charge in [0.15, 0.2) is 12.5 Å². The minimum atomic E-state index is -0.695. The van der Waals surface area contributed by atoms with Crippen molar-refractivity contribution in [1.82, 2.24) is 0 Å². The number of carbonyl (C=O) groups is 1. The van der Waals surface area contributed by atoms with E-state index in [0.717, 1.165) is 33.1 Å². The van der Waals surface area contributed by atoms with Gasteiger partial charge in [0.2, 0.25) is 0 Å². The summed E-state index contributed by atoms with van der Waals surface area (Å²) < 4.78 is 19.9. The summed E-state index contributed by atoms with van der Waals surface area (Å²) in [5.41, 5.74) is 2.75. The number of hydrogen-bond donors (Lipinski definition) is 1. The van der Waals surface area contributed by atoms with E-state index in [1.807, 2.05) is 26.0 Å². The Kier molecular flexibility index (Phi) is 4.21. The van der Waals surface area contributed by atoms with Gasteiger partial charge in [-0.25, -0.2) is 4.39 Å². The Hall–Kier alpha value is -1.43. The van der Waals surface area contributed by atoms with Crippen molar-refractivity contribution < 1.29 is 13.9 Å². The van der Waals surface area contributed by atoms with Crippen molar-refractivity contribution in [2.75, 3.05) is 5.32 Å². The Balaban J connectivity index is 2.15. The largest absolute Gasteiger partial charge is 0.353 e. The molecule has 0 saturated carbocycles. The smallest absolute Gasteiger partial charge is 0.185 e. The standard InChI is InChI=1S/C17H14BrClFNO2/c1-17(2)11-5-10(9-3-4-14(20)13(19)7-9)6-12(18)16(11)21-15(8-22)23-17/h3-8,15,21H,1-2H3. The SMILES string of the molecule is CC1(C)OC(C=O)Nc2c(Br)cc(-c3ccc(F)c(Cl)c3)cc21. The Labute approximate surface area is 146 Å². The average Bonchev–Trinajstić information content (AvgIpc) is 2.50. The molecule has 0 spiro atoms. The molecule has 2 aromatic rings. The molecule has 3 rings (SSSR count). The molecule has 1 aliphatic rings.